The highest BCUT2D eigenvalue weighted by molar-refractivity contribution is 7.11. The topological polar surface area (TPSA) is 62.2 Å². The summed E-state index contributed by atoms with van der Waals surface area (Å²) in [5, 5.41) is 14.0. The molecule has 4 nitrogen and oxygen atoms in total. The Kier molecular flexibility index (Phi) is 5.41. The van der Waals surface area contributed by atoms with Gasteiger partial charge in [-0.2, -0.15) is 0 Å². The zero-order valence-electron chi connectivity index (χ0n) is 13.1. The third kappa shape index (κ3) is 4.18. The summed E-state index contributed by atoms with van der Waals surface area (Å²) < 4.78 is 0. The number of carbonyl (C=O) groups is 1. The number of aryl methyl sites for hydroxylation is 3. The van der Waals surface area contributed by atoms with Crippen molar-refractivity contribution >= 4 is 17.2 Å². The predicted molar refractivity (Wildman–Crippen MR) is 91.5 cm³/mol. The third-order valence-electron chi connectivity index (χ3n) is 4.12. The SMILES string of the molecule is O=C(NCCCc1nc2c(s1)CCCC2)C(O)c1ccccc1. The van der Waals surface area contributed by atoms with Crippen molar-refractivity contribution in [2.24, 2.45) is 0 Å². The van der Waals surface area contributed by atoms with Gasteiger partial charge in [0.2, 0.25) is 0 Å². The Hall–Kier alpha value is -1.72. The summed E-state index contributed by atoms with van der Waals surface area (Å²) >= 11 is 1.82. The van der Waals surface area contributed by atoms with E-state index in [2.05, 4.69) is 5.32 Å². The van der Waals surface area contributed by atoms with E-state index >= 15 is 0 Å². The summed E-state index contributed by atoms with van der Waals surface area (Å²) in [4.78, 5) is 18.1. The van der Waals surface area contributed by atoms with Crippen LogP contribution in [0.2, 0.25) is 0 Å². The van der Waals surface area contributed by atoms with Crippen LogP contribution < -0.4 is 5.32 Å². The fourth-order valence-electron chi connectivity index (χ4n) is 2.85. The van der Waals surface area contributed by atoms with Gasteiger partial charge in [-0.25, -0.2) is 4.98 Å². The lowest BCUT2D eigenvalue weighted by atomic mass is 10.0. The molecule has 1 heterocycles. The fourth-order valence-corrected chi connectivity index (χ4v) is 4.05. The first-order chi connectivity index (χ1) is 11.2. The Morgan fingerprint density at radius 3 is 2.83 bits per heavy atom. The summed E-state index contributed by atoms with van der Waals surface area (Å²) in [6.45, 7) is 0.562. The molecule has 1 aromatic heterocycles. The number of hydrogen-bond acceptors (Lipinski definition) is 4. The maximum Gasteiger partial charge on any atom is 0.253 e. The molecule has 0 fully saturated rings. The number of amides is 1. The first-order valence-corrected chi connectivity index (χ1v) is 9.04. The first-order valence-electron chi connectivity index (χ1n) is 8.22. The second-order valence-corrected chi connectivity index (χ2v) is 7.06. The van der Waals surface area contributed by atoms with Crippen LogP contribution in [0, 0.1) is 0 Å². The van der Waals surface area contributed by atoms with Crippen molar-refractivity contribution < 1.29 is 9.90 Å². The van der Waals surface area contributed by atoms with Gasteiger partial charge < -0.3 is 10.4 Å². The maximum atomic E-state index is 11.9. The van der Waals surface area contributed by atoms with Crippen LogP contribution in [-0.2, 0) is 24.1 Å². The summed E-state index contributed by atoms with van der Waals surface area (Å²) in [7, 11) is 0. The smallest absolute Gasteiger partial charge is 0.253 e. The van der Waals surface area contributed by atoms with Gasteiger partial charge in [-0.15, -0.1) is 11.3 Å². The Balaban J connectivity index is 1.43. The molecule has 1 aliphatic carbocycles. The number of hydrogen-bond donors (Lipinski definition) is 2. The molecule has 0 saturated carbocycles. The van der Waals surface area contributed by atoms with Crippen molar-refractivity contribution in [2.45, 2.75) is 44.6 Å². The zero-order chi connectivity index (χ0) is 16.1. The lowest BCUT2D eigenvalue weighted by Gasteiger charge is -2.11. The van der Waals surface area contributed by atoms with E-state index in [4.69, 9.17) is 4.98 Å². The van der Waals surface area contributed by atoms with Gasteiger partial charge in [0.25, 0.3) is 5.91 Å². The van der Waals surface area contributed by atoms with Crippen LogP contribution in [0.3, 0.4) is 0 Å². The lowest BCUT2D eigenvalue weighted by molar-refractivity contribution is -0.129. The van der Waals surface area contributed by atoms with Crippen LogP contribution in [0.1, 0.15) is 46.5 Å². The van der Waals surface area contributed by atoms with Gasteiger partial charge in [0.1, 0.15) is 0 Å². The van der Waals surface area contributed by atoms with E-state index in [0.29, 0.717) is 12.1 Å². The third-order valence-corrected chi connectivity index (χ3v) is 5.34. The molecule has 0 radical (unpaired) electrons. The summed E-state index contributed by atoms with van der Waals surface area (Å²) in [6.07, 6.45) is 5.46. The quantitative estimate of drug-likeness (QED) is 0.801. The minimum atomic E-state index is -1.09. The van der Waals surface area contributed by atoms with Gasteiger partial charge >= 0.3 is 0 Å². The molecule has 5 heteroatoms. The number of aliphatic hydroxyl groups is 1. The van der Waals surface area contributed by atoms with E-state index in [-0.39, 0.29) is 5.91 Å². The average molecular weight is 330 g/mol. The Bertz CT molecular complexity index is 631. The molecule has 23 heavy (non-hydrogen) atoms. The van der Waals surface area contributed by atoms with Crippen LogP contribution in [0.15, 0.2) is 30.3 Å². The molecule has 0 bridgehead atoms. The molecule has 122 valence electrons. The first kappa shape index (κ1) is 16.1. The van der Waals surface area contributed by atoms with E-state index in [0.717, 1.165) is 19.3 Å². The Labute approximate surface area is 140 Å². The number of aromatic nitrogens is 1. The standard InChI is InChI=1S/C18H22N2O2S/c21-17(13-7-2-1-3-8-13)18(22)19-12-6-11-16-20-14-9-4-5-10-15(14)23-16/h1-3,7-8,17,21H,4-6,9-12H2,(H,19,22). The predicted octanol–water partition coefficient (Wildman–Crippen LogP) is 2.80. The second kappa shape index (κ2) is 7.70. The van der Waals surface area contributed by atoms with Crippen molar-refractivity contribution in [2.75, 3.05) is 6.54 Å². The average Bonchev–Trinajstić information content (AvgIpc) is 3.01. The van der Waals surface area contributed by atoms with Crippen LogP contribution >= 0.6 is 11.3 Å². The molecule has 1 atom stereocenters. The van der Waals surface area contributed by atoms with Gasteiger partial charge in [0.05, 0.1) is 10.7 Å². The molecule has 3 rings (SSSR count). The minimum absolute atomic E-state index is 0.338. The Morgan fingerprint density at radius 2 is 2.04 bits per heavy atom. The molecule has 1 aromatic carbocycles. The van der Waals surface area contributed by atoms with E-state index in [1.165, 1.54) is 34.8 Å². The summed E-state index contributed by atoms with van der Waals surface area (Å²) in [5.41, 5.74) is 1.91. The van der Waals surface area contributed by atoms with Crippen LogP contribution in [-0.4, -0.2) is 22.5 Å². The molecule has 0 saturated heterocycles. The van der Waals surface area contributed by atoms with Gasteiger partial charge in [-0.1, -0.05) is 30.3 Å². The highest BCUT2D eigenvalue weighted by atomic mass is 32.1. The zero-order valence-corrected chi connectivity index (χ0v) is 13.9. The normalized spacial score (nSPS) is 15.0. The molecule has 2 aromatic rings. The monoisotopic (exact) mass is 330 g/mol. The molecule has 1 unspecified atom stereocenters. The molecule has 2 N–H and O–H groups in total. The van der Waals surface area contributed by atoms with Crippen molar-refractivity contribution in [3.63, 3.8) is 0 Å². The largest absolute Gasteiger partial charge is 0.378 e. The molecule has 1 aliphatic rings. The van der Waals surface area contributed by atoms with E-state index < -0.39 is 6.10 Å². The van der Waals surface area contributed by atoms with Gasteiger partial charge in [-0.3, -0.25) is 4.79 Å². The number of aliphatic hydroxyl groups excluding tert-OH is 1. The minimum Gasteiger partial charge on any atom is -0.378 e. The van der Waals surface area contributed by atoms with Crippen LogP contribution in [0.25, 0.3) is 0 Å². The van der Waals surface area contributed by atoms with Crippen LogP contribution in [0.4, 0.5) is 0 Å². The van der Waals surface area contributed by atoms with Crippen molar-refractivity contribution in [1.29, 1.82) is 0 Å². The van der Waals surface area contributed by atoms with E-state index in [1.54, 1.807) is 12.1 Å². The number of carbonyl (C=O) groups excluding carboxylic acids is 1. The highest BCUT2D eigenvalue weighted by Gasteiger charge is 2.17. The van der Waals surface area contributed by atoms with E-state index in [1.807, 2.05) is 29.5 Å². The number of thiazole rings is 1. The molecule has 0 aliphatic heterocycles. The lowest BCUT2D eigenvalue weighted by Crippen LogP contribution is -2.30. The molecular formula is C18H22N2O2S. The summed E-state index contributed by atoms with van der Waals surface area (Å²) in [5.74, 6) is -0.338. The van der Waals surface area contributed by atoms with Crippen LogP contribution in [0.5, 0.6) is 0 Å². The summed E-state index contributed by atoms with van der Waals surface area (Å²) in [6, 6.07) is 9.00. The Morgan fingerprint density at radius 1 is 1.26 bits per heavy atom. The maximum absolute atomic E-state index is 11.9. The highest BCUT2D eigenvalue weighted by Crippen LogP contribution is 2.27. The fraction of sp³-hybridized carbons (Fsp3) is 0.444. The van der Waals surface area contributed by atoms with Gasteiger partial charge in [0, 0.05) is 17.8 Å². The number of benzene rings is 1. The molecule has 1 amide bonds. The molecular weight excluding hydrogens is 308 g/mol. The van der Waals surface area contributed by atoms with Crippen molar-refractivity contribution in [3.8, 4) is 0 Å². The van der Waals surface area contributed by atoms with Crippen molar-refractivity contribution in [3.05, 3.63) is 51.5 Å². The van der Waals surface area contributed by atoms with Crippen molar-refractivity contribution in [1.82, 2.24) is 10.3 Å². The number of fused-ring (bicyclic) bond motifs is 1. The second-order valence-electron chi connectivity index (χ2n) is 5.89. The molecule has 0 spiro atoms. The number of rotatable bonds is 6. The van der Waals surface area contributed by atoms with Gasteiger partial charge in [-0.05, 0) is 37.7 Å². The number of nitrogens with zero attached hydrogens (tertiary/aromatic N) is 1. The number of nitrogens with one attached hydrogen (secondary N) is 1. The van der Waals surface area contributed by atoms with E-state index in [9.17, 15) is 9.90 Å². The van der Waals surface area contributed by atoms with Gasteiger partial charge in [0.15, 0.2) is 6.10 Å².